The van der Waals surface area contributed by atoms with Gasteiger partial charge in [0.05, 0.1) is 30.4 Å². The number of ether oxygens (including phenoxy) is 1. The van der Waals surface area contributed by atoms with E-state index in [-0.39, 0.29) is 18.0 Å². The van der Waals surface area contributed by atoms with E-state index in [1.54, 1.807) is 6.33 Å². The molecule has 0 aromatic carbocycles. The van der Waals surface area contributed by atoms with Gasteiger partial charge >= 0.3 is 0 Å². The Balaban J connectivity index is 1.56. The van der Waals surface area contributed by atoms with Gasteiger partial charge in [-0.25, -0.2) is 4.98 Å². The van der Waals surface area contributed by atoms with Crippen molar-refractivity contribution in [3.63, 3.8) is 0 Å². The van der Waals surface area contributed by atoms with Crippen LogP contribution < -0.4 is 10.6 Å². The fourth-order valence-corrected chi connectivity index (χ4v) is 2.74. The first kappa shape index (κ1) is 12.6. The number of aromatic amines is 1. The van der Waals surface area contributed by atoms with Crippen LogP contribution in [0.5, 0.6) is 0 Å². The second-order valence-electron chi connectivity index (χ2n) is 5.39. The topological polar surface area (TPSA) is 79.0 Å². The number of rotatable bonds is 3. The van der Waals surface area contributed by atoms with Crippen molar-refractivity contribution in [2.45, 2.75) is 38.4 Å². The van der Waals surface area contributed by atoms with Crippen molar-refractivity contribution < 1.29 is 9.53 Å². The fraction of sp³-hybridized carbons (Fsp3) is 0.692. The zero-order valence-corrected chi connectivity index (χ0v) is 11.1. The molecule has 3 atom stereocenters. The summed E-state index contributed by atoms with van der Waals surface area (Å²) < 4.78 is 5.36. The fourth-order valence-electron chi connectivity index (χ4n) is 2.74. The van der Waals surface area contributed by atoms with E-state index in [9.17, 15) is 4.79 Å². The number of carbonyl (C=O) groups is 1. The first-order valence-electron chi connectivity index (χ1n) is 6.86. The second kappa shape index (κ2) is 5.30. The van der Waals surface area contributed by atoms with Crippen LogP contribution in [0.15, 0.2) is 6.33 Å². The van der Waals surface area contributed by atoms with Crippen LogP contribution in [0.2, 0.25) is 0 Å². The van der Waals surface area contributed by atoms with Gasteiger partial charge < -0.3 is 15.0 Å². The largest absolute Gasteiger partial charge is 0.381 e. The van der Waals surface area contributed by atoms with Crippen LogP contribution in [0.4, 0.5) is 0 Å². The number of carbonyl (C=O) groups excluding carboxylic acids is 1. The van der Waals surface area contributed by atoms with E-state index in [2.05, 4.69) is 27.5 Å². The Labute approximate surface area is 112 Å². The van der Waals surface area contributed by atoms with Crippen molar-refractivity contribution in [2.75, 3.05) is 13.2 Å². The summed E-state index contributed by atoms with van der Waals surface area (Å²) in [5.74, 6) is 0.501. The number of hydrogen-bond donors (Lipinski definition) is 3. The van der Waals surface area contributed by atoms with Crippen LogP contribution in [0.25, 0.3) is 0 Å². The maximum atomic E-state index is 12.2. The highest BCUT2D eigenvalue weighted by molar-refractivity contribution is 5.82. The van der Waals surface area contributed by atoms with Crippen LogP contribution in [-0.2, 0) is 22.5 Å². The molecule has 2 aliphatic heterocycles. The third-order valence-electron chi connectivity index (χ3n) is 4.09. The number of H-pyrrole nitrogens is 1. The zero-order chi connectivity index (χ0) is 13.2. The third-order valence-corrected chi connectivity index (χ3v) is 4.09. The molecule has 3 unspecified atom stereocenters. The van der Waals surface area contributed by atoms with Gasteiger partial charge in [0.1, 0.15) is 0 Å². The van der Waals surface area contributed by atoms with Crippen molar-refractivity contribution in [3.05, 3.63) is 17.7 Å². The van der Waals surface area contributed by atoms with Crippen LogP contribution in [0.1, 0.15) is 24.7 Å². The summed E-state index contributed by atoms with van der Waals surface area (Å²) in [5.41, 5.74) is 2.08. The maximum absolute atomic E-state index is 12.2. The first-order valence-corrected chi connectivity index (χ1v) is 6.86. The summed E-state index contributed by atoms with van der Waals surface area (Å²) in [4.78, 5) is 19.6. The molecule has 3 N–H and O–H groups in total. The minimum absolute atomic E-state index is 0.0630. The molecule has 104 valence electrons. The molecule has 1 saturated heterocycles. The monoisotopic (exact) mass is 264 g/mol. The smallest absolute Gasteiger partial charge is 0.237 e. The molecule has 2 aliphatic rings. The molecule has 0 saturated carbocycles. The lowest BCUT2D eigenvalue weighted by molar-refractivity contribution is -0.124. The summed E-state index contributed by atoms with van der Waals surface area (Å²) in [6.07, 6.45) is 3.37. The quantitative estimate of drug-likeness (QED) is 0.716. The molecule has 6 heteroatoms. The molecular weight excluding hydrogens is 244 g/mol. The summed E-state index contributed by atoms with van der Waals surface area (Å²) in [6, 6.07) is -0.0158. The zero-order valence-electron chi connectivity index (χ0n) is 11.1. The summed E-state index contributed by atoms with van der Waals surface area (Å²) in [5, 5.41) is 6.34. The van der Waals surface area contributed by atoms with Crippen molar-refractivity contribution >= 4 is 5.91 Å². The highest BCUT2D eigenvalue weighted by atomic mass is 16.5. The van der Waals surface area contributed by atoms with Gasteiger partial charge in [-0.2, -0.15) is 0 Å². The molecule has 3 rings (SSSR count). The Morgan fingerprint density at radius 1 is 1.63 bits per heavy atom. The minimum Gasteiger partial charge on any atom is -0.381 e. The van der Waals surface area contributed by atoms with Crippen molar-refractivity contribution in [1.29, 1.82) is 0 Å². The molecule has 1 fully saturated rings. The molecule has 1 aromatic rings. The lowest BCUT2D eigenvalue weighted by Crippen LogP contribution is -2.51. The molecule has 19 heavy (non-hydrogen) atoms. The van der Waals surface area contributed by atoms with Gasteiger partial charge in [0.2, 0.25) is 5.91 Å². The van der Waals surface area contributed by atoms with Gasteiger partial charge in [0.25, 0.3) is 0 Å². The first-order chi connectivity index (χ1) is 9.24. The molecule has 6 nitrogen and oxygen atoms in total. The number of hydrogen-bond acceptors (Lipinski definition) is 4. The van der Waals surface area contributed by atoms with Crippen molar-refractivity contribution in [1.82, 2.24) is 20.6 Å². The van der Waals surface area contributed by atoms with E-state index in [1.165, 1.54) is 0 Å². The van der Waals surface area contributed by atoms with E-state index >= 15 is 0 Å². The van der Waals surface area contributed by atoms with E-state index in [0.29, 0.717) is 18.9 Å². The molecule has 1 amide bonds. The predicted molar refractivity (Wildman–Crippen MR) is 69.5 cm³/mol. The van der Waals surface area contributed by atoms with Gasteiger partial charge in [0, 0.05) is 31.5 Å². The molecule has 0 spiro atoms. The van der Waals surface area contributed by atoms with Gasteiger partial charge in [-0.3, -0.25) is 10.1 Å². The summed E-state index contributed by atoms with van der Waals surface area (Å²) in [6.45, 7) is 4.29. The number of aromatic nitrogens is 2. The number of amides is 1. The Hall–Kier alpha value is -1.40. The van der Waals surface area contributed by atoms with Crippen LogP contribution in [-0.4, -0.2) is 41.2 Å². The summed E-state index contributed by atoms with van der Waals surface area (Å²) in [7, 11) is 0. The van der Waals surface area contributed by atoms with Crippen LogP contribution >= 0.6 is 0 Å². The predicted octanol–water partition coefficient (Wildman–Crippen LogP) is -0.0348. The Bertz CT molecular complexity index is 453. The molecule has 0 aliphatic carbocycles. The standard InChI is InChI=1S/C13H20N4O2/c1-8(9-2-3-19-6-9)17-13(18)11-4-10-12(5-14-11)16-7-15-10/h7-9,11,14H,2-6H2,1H3,(H,15,16)(H,17,18). The van der Waals surface area contributed by atoms with Crippen LogP contribution in [0.3, 0.4) is 0 Å². The van der Waals surface area contributed by atoms with Crippen molar-refractivity contribution in [2.24, 2.45) is 5.92 Å². The Morgan fingerprint density at radius 3 is 3.32 bits per heavy atom. The van der Waals surface area contributed by atoms with Crippen LogP contribution in [0, 0.1) is 5.92 Å². The van der Waals surface area contributed by atoms with Gasteiger partial charge in [-0.1, -0.05) is 0 Å². The SMILES string of the molecule is CC(NC(=O)C1Cc2nc[nH]c2CN1)C1CCOC1. The molecule has 0 bridgehead atoms. The van der Waals surface area contributed by atoms with E-state index < -0.39 is 0 Å². The average molecular weight is 264 g/mol. The lowest BCUT2D eigenvalue weighted by atomic mass is 9.99. The normalized spacial score (nSPS) is 27.8. The Morgan fingerprint density at radius 2 is 2.53 bits per heavy atom. The number of nitrogens with one attached hydrogen (secondary N) is 3. The second-order valence-corrected chi connectivity index (χ2v) is 5.39. The van der Waals surface area contributed by atoms with E-state index in [0.717, 1.165) is 31.0 Å². The van der Waals surface area contributed by atoms with E-state index in [4.69, 9.17) is 4.74 Å². The van der Waals surface area contributed by atoms with Crippen molar-refractivity contribution in [3.8, 4) is 0 Å². The molecule has 1 aromatic heterocycles. The molecule has 3 heterocycles. The van der Waals surface area contributed by atoms with Gasteiger partial charge in [0.15, 0.2) is 0 Å². The third kappa shape index (κ3) is 2.64. The number of imidazole rings is 1. The van der Waals surface area contributed by atoms with Gasteiger partial charge in [-0.05, 0) is 13.3 Å². The summed E-state index contributed by atoms with van der Waals surface area (Å²) >= 11 is 0. The van der Waals surface area contributed by atoms with E-state index in [1.807, 2.05) is 0 Å². The van der Waals surface area contributed by atoms with Gasteiger partial charge in [-0.15, -0.1) is 0 Å². The lowest BCUT2D eigenvalue weighted by Gasteiger charge is -2.26. The average Bonchev–Trinajstić information content (AvgIpc) is 3.09. The Kier molecular flexibility index (Phi) is 3.52. The highest BCUT2D eigenvalue weighted by Crippen LogP contribution is 2.17. The highest BCUT2D eigenvalue weighted by Gasteiger charge is 2.29. The molecular formula is C13H20N4O2. The molecule has 0 radical (unpaired) electrons. The minimum atomic E-state index is -0.180. The number of nitrogens with zero attached hydrogens (tertiary/aromatic N) is 1. The number of fused-ring (bicyclic) bond motifs is 1. The maximum Gasteiger partial charge on any atom is 0.237 e.